The molecule has 0 aliphatic rings. The number of hydrogen-bond donors (Lipinski definition) is 1. The van der Waals surface area contributed by atoms with Crippen molar-refractivity contribution in [2.45, 2.75) is 13.8 Å². The lowest BCUT2D eigenvalue weighted by molar-refractivity contribution is 0.0697. The number of hydrogen-bond acceptors (Lipinski definition) is 1. The summed E-state index contributed by atoms with van der Waals surface area (Å²) >= 11 is 6.41. The second-order valence-electron chi connectivity index (χ2n) is 7.05. The standard InChI is InChI=1S/C25H20ClNO2/c1-16-11-12-19(14-23(16)26)24-15-22(18-7-4-3-5-8-18)17(2)27(24)21-10-6-9-20(13-21)25(28)29/h3-15H,1-2H3,(H,28,29). The highest BCUT2D eigenvalue weighted by molar-refractivity contribution is 6.31. The van der Waals surface area contributed by atoms with E-state index in [0.29, 0.717) is 5.02 Å². The highest BCUT2D eigenvalue weighted by Crippen LogP contribution is 2.36. The maximum Gasteiger partial charge on any atom is 0.335 e. The molecule has 0 bridgehead atoms. The molecule has 0 aliphatic carbocycles. The summed E-state index contributed by atoms with van der Waals surface area (Å²) in [6.45, 7) is 4.03. The summed E-state index contributed by atoms with van der Waals surface area (Å²) in [7, 11) is 0. The Morgan fingerprint density at radius 3 is 2.31 bits per heavy atom. The molecule has 0 fully saturated rings. The smallest absolute Gasteiger partial charge is 0.335 e. The predicted molar refractivity (Wildman–Crippen MR) is 118 cm³/mol. The number of carboxylic acids is 1. The van der Waals surface area contributed by atoms with Gasteiger partial charge in [-0.3, -0.25) is 0 Å². The van der Waals surface area contributed by atoms with Crippen molar-refractivity contribution >= 4 is 17.6 Å². The molecule has 4 heteroatoms. The second-order valence-corrected chi connectivity index (χ2v) is 7.46. The van der Waals surface area contributed by atoms with E-state index in [2.05, 4.69) is 29.7 Å². The quantitative estimate of drug-likeness (QED) is 0.409. The number of aromatic nitrogens is 1. The van der Waals surface area contributed by atoms with E-state index in [4.69, 9.17) is 11.6 Å². The van der Waals surface area contributed by atoms with E-state index in [1.54, 1.807) is 18.2 Å². The molecule has 0 atom stereocenters. The van der Waals surface area contributed by atoms with Gasteiger partial charge in [0.1, 0.15) is 0 Å². The van der Waals surface area contributed by atoms with Crippen molar-refractivity contribution in [3.05, 3.63) is 101 Å². The molecule has 0 saturated carbocycles. The first-order valence-electron chi connectivity index (χ1n) is 9.33. The number of benzene rings is 3. The SMILES string of the molecule is Cc1ccc(-c2cc(-c3ccccc3)c(C)n2-c2cccc(C(=O)O)c2)cc1Cl. The van der Waals surface area contributed by atoms with Crippen molar-refractivity contribution in [2.24, 2.45) is 0 Å². The molecule has 4 rings (SSSR count). The Bertz CT molecular complexity index is 1210. The summed E-state index contributed by atoms with van der Waals surface area (Å²) in [6.07, 6.45) is 0. The van der Waals surface area contributed by atoms with Crippen LogP contribution in [0.1, 0.15) is 21.6 Å². The molecule has 0 aliphatic heterocycles. The van der Waals surface area contributed by atoms with E-state index in [9.17, 15) is 9.90 Å². The van der Waals surface area contributed by atoms with Crippen molar-refractivity contribution in [1.82, 2.24) is 4.57 Å². The second kappa shape index (κ2) is 7.61. The number of carboxylic acid groups (broad SMARTS) is 1. The van der Waals surface area contributed by atoms with Crippen LogP contribution in [0.4, 0.5) is 0 Å². The van der Waals surface area contributed by atoms with E-state index < -0.39 is 5.97 Å². The van der Waals surface area contributed by atoms with Crippen molar-refractivity contribution in [3.8, 4) is 28.1 Å². The van der Waals surface area contributed by atoms with Crippen LogP contribution in [0.2, 0.25) is 5.02 Å². The van der Waals surface area contributed by atoms with Gasteiger partial charge in [0, 0.05) is 27.5 Å². The fourth-order valence-corrected chi connectivity index (χ4v) is 3.77. The van der Waals surface area contributed by atoms with Gasteiger partial charge < -0.3 is 9.67 Å². The van der Waals surface area contributed by atoms with Crippen molar-refractivity contribution in [3.63, 3.8) is 0 Å². The van der Waals surface area contributed by atoms with E-state index in [1.165, 1.54) is 0 Å². The zero-order chi connectivity index (χ0) is 20.5. The highest BCUT2D eigenvalue weighted by atomic mass is 35.5. The van der Waals surface area contributed by atoms with Crippen LogP contribution < -0.4 is 0 Å². The van der Waals surface area contributed by atoms with Gasteiger partial charge in [-0.1, -0.05) is 60.1 Å². The van der Waals surface area contributed by atoms with E-state index in [-0.39, 0.29) is 5.56 Å². The van der Waals surface area contributed by atoms with Gasteiger partial charge in [0.25, 0.3) is 0 Å². The molecule has 1 N–H and O–H groups in total. The molecule has 1 aromatic heterocycles. The van der Waals surface area contributed by atoms with Gasteiger partial charge >= 0.3 is 5.97 Å². The summed E-state index contributed by atoms with van der Waals surface area (Å²) in [6, 6.07) is 25.3. The van der Waals surface area contributed by atoms with Crippen molar-refractivity contribution in [1.29, 1.82) is 0 Å². The van der Waals surface area contributed by atoms with E-state index >= 15 is 0 Å². The molecule has 29 heavy (non-hydrogen) atoms. The molecular weight excluding hydrogens is 382 g/mol. The van der Waals surface area contributed by atoms with Crippen LogP contribution in [0.15, 0.2) is 78.9 Å². The third-order valence-electron chi connectivity index (χ3n) is 5.15. The van der Waals surface area contributed by atoms with Crippen molar-refractivity contribution < 1.29 is 9.90 Å². The van der Waals surface area contributed by atoms with Crippen molar-refractivity contribution in [2.75, 3.05) is 0 Å². The number of aryl methyl sites for hydroxylation is 1. The van der Waals surface area contributed by atoms with E-state index in [0.717, 1.165) is 39.3 Å². The lowest BCUT2D eigenvalue weighted by atomic mass is 10.0. The average molecular weight is 402 g/mol. The molecule has 0 unspecified atom stereocenters. The van der Waals surface area contributed by atoms with Gasteiger partial charge in [-0.05, 0) is 55.3 Å². The lowest BCUT2D eigenvalue weighted by Gasteiger charge is -2.14. The van der Waals surface area contributed by atoms with Gasteiger partial charge in [0.05, 0.1) is 11.3 Å². The van der Waals surface area contributed by atoms with Crippen LogP contribution in [-0.4, -0.2) is 15.6 Å². The Hall–Kier alpha value is -3.30. The maximum absolute atomic E-state index is 11.5. The Balaban J connectivity index is 2.00. The van der Waals surface area contributed by atoms with Gasteiger partial charge in [-0.15, -0.1) is 0 Å². The first-order chi connectivity index (χ1) is 14.0. The third kappa shape index (κ3) is 3.57. The predicted octanol–water partition coefficient (Wildman–Crippen LogP) is 6.78. The zero-order valence-corrected chi connectivity index (χ0v) is 16.9. The molecular formula is C25H20ClNO2. The number of rotatable bonds is 4. The Morgan fingerprint density at radius 1 is 0.862 bits per heavy atom. The fourth-order valence-electron chi connectivity index (χ4n) is 3.59. The van der Waals surface area contributed by atoms with Crippen LogP contribution in [0, 0.1) is 13.8 Å². The van der Waals surface area contributed by atoms with Gasteiger partial charge in [0.2, 0.25) is 0 Å². The Morgan fingerprint density at radius 2 is 1.62 bits per heavy atom. The first kappa shape index (κ1) is 19.0. The van der Waals surface area contributed by atoms with Crippen LogP contribution in [0.5, 0.6) is 0 Å². The van der Waals surface area contributed by atoms with Crippen LogP contribution >= 0.6 is 11.6 Å². The summed E-state index contributed by atoms with van der Waals surface area (Å²) < 4.78 is 2.09. The number of halogens is 1. The minimum absolute atomic E-state index is 0.254. The molecule has 1 heterocycles. The zero-order valence-electron chi connectivity index (χ0n) is 16.2. The normalized spacial score (nSPS) is 10.9. The van der Waals surface area contributed by atoms with Crippen LogP contribution in [0.25, 0.3) is 28.1 Å². The number of carbonyl (C=O) groups is 1. The molecule has 144 valence electrons. The molecule has 3 aromatic carbocycles. The molecule has 0 radical (unpaired) electrons. The first-order valence-corrected chi connectivity index (χ1v) is 9.71. The fraction of sp³-hybridized carbons (Fsp3) is 0.0800. The average Bonchev–Trinajstić information content (AvgIpc) is 3.08. The monoisotopic (exact) mass is 401 g/mol. The number of aromatic carboxylic acids is 1. The minimum Gasteiger partial charge on any atom is -0.478 e. The highest BCUT2D eigenvalue weighted by Gasteiger charge is 2.17. The van der Waals surface area contributed by atoms with Gasteiger partial charge in [-0.2, -0.15) is 0 Å². The third-order valence-corrected chi connectivity index (χ3v) is 5.56. The summed E-state index contributed by atoms with van der Waals surface area (Å²) in [5, 5.41) is 10.1. The Labute approximate surface area is 174 Å². The summed E-state index contributed by atoms with van der Waals surface area (Å²) in [5.41, 5.74) is 7.25. The summed E-state index contributed by atoms with van der Waals surface area (Å²) in [4.78, 5) is 11.5. The largest absolute Gasteiger partial charge is 0.478 e. The number of nitrogens with zero attached hydrogens (tertiary/aromatic N) is 1. The summed E-state index contributed by atoms with van der Waals surface area (Å²) in [5.74, 6) is -0.945. The van der Waals surface area contributed by atoms with Gasteiger partial charge in [0.15, 0.2) is 0 Å². The van der Waals surface area contributed by atoms with Crippen LogP contribution in [0.3, 0.4) is 0 Å². The lowest BCUT2D eigenvalue weighted by Crippen LogP contribution is -2.03. The Kier molecular flexibility index (Phi) is 4.99. The van der Waals surface area contributed by atoms with Gasteiger partial charge in [-0.25, -0.2) is 4.79 Å². The topological polar surface area (TPSA) is 42.2 Å². The molecule has 4 aromatic rings. The maximum atomic E-state index is 11.5. The molecule has 3 nitrogen and oxygen atoms in total. The molecule has 0 amide bonds. The minimum atomic E-state index is -0.945. The molecule has 0 spiro atoms. The van der Waals surface area contributed by atoms with Crippen LogP contribution in [-0.2, 0) is 0 Å². The molecule has 0 saturated heterocycles. The van der Waals surface area contributed by atoms with E-state index in [1.807, 2.05) is 49.4 Å².